The summed E-state index contributed by atoms with van der Waals surface area (Å²) in [4.78, 5) is 0. The molecule has 53 heavy (non-hydrogen) atoms. The van der Waals surface area contributed by atoms with Crippen LogP contribution in [0.25, 0.3) is 87.6 Å². The average molecular weight is 685 g/mol. The minimum atomic E-state index is -0.236. The highest BCUT2D eigenvalue weighted by atomic mass is 16.3. The van der Waals surface area contributed by atoms with Gasteiger partial charge in [0.1, 0.15) is 11.2 Å². The summed E-state index contributed by atoms with van der Waals surface area (Å²) in [5.41, 5.74) is 9.85. The molecule has 9 aromatic rings. The van der Waals surface area contributed by atoms with E-state index < -0.39 is 0 Å². The van der Waals surface area contributed by atoms with Crippen molar-refractivity contribution in [2.45, 2.75) is 38.0 Å². The first-order chi connectivity index (χ1) is 27.9. The second kappa shape index (κ2) is 11.4. The molecule has 4 saturated carbocycles. The van der Waals surface area contributed by atoms with Gasteiger partial charge in [-0.25, -0.2) is 0 Å². The van der Waals surface area contributed by atoms with Crippen LogP contribution in [0.5, 0.6) is 0 Å². The Hall–Kier alpha value is -5.66. The predicted molar refractivity (Wildman–Crippen MR) is 222 cm³/mol. The Labute approximate surface area is 315 Å². The van der Waals surface area contributed by atoms with Crippen LogP contribution in [0.15, 0.2) is 156 Å². The van der Waals surface area contributed by atoms with E-state index in [-0.39, 0.29) is 24.2 Å². The summed E-state index contributed by atoms with van der Waals surface area (Å²) in [6.45, 7) is 0. The molecule has 0 saturated heterocycles. The van der Waals surface area contributed by atoms with Crippen LogP contribution in [0.1, 0.15) is 49.1 Å². The van der Waals surface area contributed by atoms with Crippen LogP contribution in [-0.2, 0) is 0 Å². The van der Waals surface area contributed by atoms with E-state index >= 15 is 0 Å². The van der Waals surface area contributed by atoms with Gasteiger partial charge in [-0.1, -0.05) is 139 Å². The minimum Gasteiger partial charge on any atom is -0.455 e. The van der Waals surface area contributed by atoms with Crippen LogP contribution in [0, 0.1) is 23.7 Å². The fraction of sp³-hybridized carbons (Fsp3) is 0.192. The lowest BCUT2D eigenvalue weighted by Crippen LogP contribution is -2.43. The molecule has 0 unspecified atom stereocenters. The Kier molecular flexibility index (Phi) is 5.64. The zero-order chi connectivity index (χ0) is 38.1. The maximum atomic E-state index is 8.53. The SMILES string of the molecule is [2H]c1c([2H])c([2H])c2cc3c(cc2c1[2H])oc1c(-c2ccc(-c4c5ccccc5c(-c5ccc(C6C7CC8CC(C7)CC6C8)cc5)c5ccccc45)cc2)cccc13. The van der Waals surface area contributed by atoms with Gasteiger partial charge >= 0.3 is 0 Å². The molecular formula is C52H40O. The van der Waals surface area contributed by atoms with E-state index in [1.54, 1.807) is 11.6 Å². The van der Waals surface area contributed by atoms with Gasteiger partial charge in [-0.15, -0.1) is 0 Å². The lowest BCUT2D eigenvalue weighted by atomic mass is 9.51. The zero-order valence-electron chi connectivity index (χ0n) is 33.5. The Morgan fingerprint density at radius 1 is 0.472 bits per heavy atom. The smallest absolute Gasteiger partial charge is 0.143 e. The molecule has 4 aliphatic rings. The third kappa shape index (κ3) is 4.56. The van der Waals surface area contributed by atoms with Gasteiger partial charge in [0.15, 0.2) is 0 Å². The Morgan fingerprint density at radius 2 is 0.981 bits per heavy atom. The molecule has 4 bridgehead atoms. The van der Waals surface area contributed by atoms with Crippen molar-refractivity contribution in [3.8, 4) is 33.4 Å². The van der Waals surface area contributed by atoms with E-state index in [1.807, 2.05) is 18.2 Å². The Bertz CT molecular complexity index is 3040. The van der Waals surface area contributed by atoms with Crippen LogP contribution >= 0.6 is 0 Å². The third-order valence-corrected chi connectivity index (χ3v) is 13.3. The summed E-state index contributed by atoms with van der Waals surface area (Å²) in [6.07, 6.45) is 7.25. The van der Waals surface area contributed by atoms with Gasteiger partial charge in [-0.2, -0.15) is 0 Å². The monoisotopic (exact) mass is 684 g/mol. The Balaban J connectivity index is 0.953. The summed E-state index contributed by atoms with van der Waals surface area (Å²) in [5.74, 6) is 4.45. The highest BCUT2D eigenvalue weighted by Crippen LogP contribution is 2.60. The van der Waals surface area contributed by atoms with Crippen LogP contribution in [0.2, 0.25) is 0 Å². The first-order valence-electron chi connectivity index (χ1n) is 21.4. The fourth-order valence-electron chi connectivity index (χ4n) is 11.4. The predicted octanol–water partition coefficient (Wildman–Crippen LogP) is 14.6. The summed E-state index contributed by atoms with van der Waals surface area (Å²) >= 11 is 0. The molecular weight excluding hydrogens is 641 g/mol. The first kappa shape index (κ1) is 26.2. The van der Waals surface area contributed by atoms with Crippen molar-refractivity contribution in [1.82, 2.24) is 0 Å². The highest BCUT2D eigenvalue weighted by molar-refractivity contribution is 6.21. The minimum absolute atomic E-state index is 0.0347. The number of benzene rings is 8. The van der Waals surface area contributed by atoms with E-state index in [9.17, 15) is 0 Å². The lowest BCUT2D eigenvalue weighted by molar-refractivity contribution is -0.00277. The molecule has 0 radical (unpaired) electrons. The van der Waals surface area contributed by atoms with Crippen molar-refractivity contribution in [3.05, 3.63) is 157 Å². The van der Waals surface area contributed by atoms with E-state index in [4.69, 9.17) is 9.90 Å². The molecule has 0 atom stereocenters. The molecule has 4 aliphatic carbocycles. The van der Waals surface area contributed by atoms with Crippen molar-refractivity contribution in [3.63, 3.8) is 0 Å². The molecule has 8 aromatic carbocycles. The molecule has 0 N–H and O–H groups in total. The summed E-state index contributed by atoms with van der Waals surface area (Å²) in [7, 11) is 0. The second-order valence-electron chi connectivity index (χ2n) is 16.2. The largest absolute Gasteiger partial charge is 0.455 e. The molecule has 1 heterocycles. The van der Waals surface area contributed by atoms with Crippen LogP contribution in [0.3, 0.4) is 0 Å². The average Bonchev–Trinajstić information content (AvgIpc) is 3.61. The zero-order valence-corrected chi connectivity index (χ0v) is 29.5. The number of hydrogen-bond donors (Lipinski definition) is 0. The first-order valence-corrected chi connectivity index (χ1v) is 19.4. The van der Waals surface area contributed by atoms with E-state index in [2.05, 4.69) is 103 Å². The highest BCUT2D eigenvalue weighted by Gasteiger charge is 2.48. The van der Waals surface area contributed by atoms with Crippen molar-refractivity contribution >= 4 is 54.3 Å². The molecule has 1 heteroatoms. The van der Waals surface area contributed by atoms with Gasteiger partial charge in [0, 0.05) is 16.3 Å². The Morgan fingerprint density at radius 3 is 1.57 bits per heavy atom. The van der Waals surface area contributed by atoms with E-state index in [0.717, 1.165) is 62.6 Å². The molecule has 0 aliphatic heterocycles. The normalized spacial score (nSPS) is 23.2. The number of fused-ring (bicyclic) bond motifs is 6. The van der Waals surface area contributed by atoms with Crippen LogP contribution < -0.4 is 0 Å². The van der Waals surface area contributed by atoms with Gasteiger partial charge < -0.3 is 4.42 Å². The quantitative estimate of drug-likeness (QED) is 0.168. The standard InChI is InChI=1S/C52H40O/c1-2-9-38-30-48-47(29-37(38)8-1)46-15-7-14-41(52(46)53-48)33-16-18-35(19-17-33)50-42-10-3-5-12-44(42)51(45-13-6-4-11-43(45)50)36-22-20-34(21-23-36)49-39-25-31-24-32(27-39)28-40(49)26-31/h1-23,29-32,39-40,49H,24-28H2/i1D,2D,8D,9D. The molecule has 13 rings (SSSR count). The molecule has 0 amide bonds. The second-order valence-corrected chi connectivity index (χ2v) is 16.2. The molecule has 1 aromatic heterocycles. The molecule has 0 spiro atoms. The number of para-hydroxylation sites is 1. The number of rotatable bonds is 4. The van der Waals surface area contributed by atoms with Crippen molar-refractivity contribution in [2.75, 3.05) is 0 Å². The lowest BCUT2D eigenvalue weighted by Gasteiger charge is -2.54. The van der Waals surface area contributed by atoms with E-state index in [1.165, 1.54) is 70.3 Å². The molecule has 254 valence electrons. The molecule has 4 fully saturated rings. The number of hydrogen-bond acceptors (Lipinski definition) is 1. The summed E-state index contributed by atoms with van der Waals surface area (Å²) < 4.78 is 39.9. The summed E-state index contributed by atoms with van der Waals surface area (Å²) in [5, 5.41) is 7.71. The van der Waals surface area contributed by atoms with Crippen LogP contribution in [0.4, 0.5) is 0 Å². The van der Waals surface area contributed by atoms with Crippen LogP contribution in [-0.4, -0.2) is 0 Å². The van der Waals surface area contributed by atoms with Gasteiger partial charge in [0.25, 0.3) is 0 Å². The van der Waals surface area contributed by atoms with Gasteiger partial charge in [-0.3, -0.25) is 0 Å². The van der Waals surface area contributed by atoms with Crippen molar-refractivity contribution in [2.24, 2.45) is 23.7 Å². The maximum absolute atomic E-state index is 8.53. The van der Waals surface area contributed by atoms with Crippen molar-refractivity contribution < 1.29 is 9.90 Å². The van der Waals surface area contributed by atoms with Gasteiger partial charge in [0.2, 0.25) is 0 Å². The third-order valence-electron chi connectivity index (χ3n) is 13.3. The maximum Gasteiger partial charge on any atom is 0.143 e. The topological polar surface area (TPSA) is 13.1 Å². The van der Waals surface area contributed by atoms with E-state index in [0.29, 0.717) is 16.4 Å². The van der Waals surface area contributed by atoms with Crippen molar-refractivity contribution in [1.29, 1.82) is 0 Å². The van der Waals surface area contributed by atoms with Gasteiger partial charge in [0.05, 0.1) is 5.48 Å². The fourth-order valence-corrected chi connectivity index (χ4v) is 11.4. The number of furan rings is 1. The summed E-state index contributed by atoms with van der Waals surface area (Å²) in [6, 6.07) is 45.5. The van der Waals surface area contributed by atoms with Gasteiger partial charge in [-0.05, 0) is 140 Å². The molecule has 1 nitrogen and oxygen atoms in total.